The number of carbonyl (C=O) groups excluding carboxylic acids is 7. The number of aryl methyl sites for hydroxylation is 1. The number of benzene rings is 3. The molecule has 21 heteroatoms. The number of aromatic hydroxyl groups is 1. The number of β-lactam (4-membered cyclic amide) rings is 1. The normalized spacial score (nSPS) is 19.4. The van der Waals surface area contributed by atoms with Crippen molar-refractivity contribution < 1.29 is 43.4 Å². The second-order valence-corrected chi connectivity index (χ2v) is 15.6. The average molecular weight is 855 g/mol. The molecule has 3 aliphatic heterocycles. The molecule has 4 heterocycles. The first-order valence-electron chi connectivity index (χ1n) is 18.5. The zero-order valence-electron chi connectivity index (χ0n) is 32.1. The number of tetrazole rings is 1. The Hall–Kier alpha value is -6.74. The molecule has 3 aromatic carbocycles. The number of phenols is 1. The van der Waals surface area contributed by atoms with Crippen LogP contribution in [0, 0.1) is 0 Å². The number of thioether (sulfide) groups is 2. The van der Waals surface area contributed by atoms with Gasteiger partial charge in [-0.3, -0.25) is 33.7 Å². The van der Waals surface area contributed by atoms with Gasteiger partial charge in [0, 0.05) is 31.6 Å². The van der Waals surface area contributed by atoms with Gasteiger partial charge in [0.05, 0.1) is 6.54 Å². The molecule has 0 saturated carbocycles. The lowest BCUT2D eigenvalue weighted by Gasteiger charge is -2.57. The van der Waals surface area contributed by atoms with Gasteiger partial charge in [0.2, 0.25) is 23.6 Å². The second-order valence-electron chi connectivity index (χ2n) is 13.6. The third-order valence-corrected chi connectivity index (χ3v) is 12.6. The summed E-state index contributed by atoms with van der Waals surface area (Å²) in [6, 6.07) is 21.6. The average Bonchev–Trinajstić information content (AvgIpc) is 3.69. The number of rotatable bonds is 16. The summed E-state index contributed by atoms with van der Waals surface area (Å²) in [6.45, 7) is 1.85. The number of hydrazine groups is 1. The number of nitrogens with zero attached hydrogens (tertiary/aromatic N) is 8. The quantitative estimate of drug-likeness (QED) is 0.0355. The van der Waals surface area contributed by atoms with E-state index in [9.17, 15) is 38.7 Å². The lowest BCUT2D eigenvalue weighted by Crippen LogP contribution is -2.85. The maximum Gasteiger partial charge on any atom is 0.356 e. The highest BCUT2D eigenvalue weighted by Crippen LogP contribution is 2.47. The molecule has 7 rings (SSSR count). The Bertz CT molecular complexity index is 2290. The summed E-state index contributed by atoms with van der Waals surface area (Å²) in [6.07, 6.45) is -0.456. The second kappa shape index (κ2) is 17.6. The number of amides is 6. The first-order valence-corrected chi connectivity index (χ1v) is 20.6. The molecule has 60 heavy (non-hydrogen) atoms. The van der Waals surface area contributed by atoms with Crippen LogP contribution in [0.15, 0.2) is 101 Å². The van der Waals surface area contributed by atoms with Gasteiger partial charge < -0.3 is 25.4 Å². The summed E-state index contributed by atoms with van der Waals surface area (Å²) < 4.78 is 7.70. The Morgan fingerprint density at radius 1 is 0.983 bits per heavy atom. The lowest BCUT2D eigenvalue weighted by atomic mass is 9.93. The number of likely N-dealkylation sites (N-methyl/N-ethyl adjacent to an activating group) is 1. The smallest absolute Gasteiger partial charge is 0.356 e. The van der Waals surface area contributed by atoms with E-state index in [4.69, 9.17) is 4.74 Å². The van der Waals surface area contributed by atoms with Crippen molar-refractivity contribution in [1.82, 2.24) is 50.7 Å². The monoisotopic (exact) mass is 854 g/mol. The number of nitrogens with one attached hydrogen (secondary N) is 2. The fourth-order valence-corrected chi connectivity index (χ4v) is 9.54. The van der Waals surface area contributed by atoms with Gasteiger partial charge in [-0.1, -0.05) is 84.6 Å². The predicted molar refractivity (Wildman–Crippen MR) is 213 cm³/mol. The Labute approximate surface area is 351 Å². The van der Waals surface area contributed by atoms with E-state index >= 15 is 0 Å². The number of esters is 1. The van der Waals surface area contributed by atoms with Gasteiger partial charge >= 0.3 is 17.8 Å². The Kier molecular flexibility index (Phi) is 12.2. The van der Waals surface area contributed by atoms with Crippen molar-refractivity contribution in [3.63, 3.8) is 0 Å². The third-order valence-electron chi connectivity index (χ3n) is 10.1. The summed E-state index contributed by atoms with van der Waals surface area (Å²) in [5, 5.41) is 27.6. The van der Waals surface area contributed by atoms with E-state index in [0.717, 1.165) is 26.7 Å². The fraction of sp³-hybridized carbons (Fsp3) is 0.282. The van der Waals surface area contributed by atoms with Crippen LogP contribution in [-0.2, 0) is 45.3 Å². The first kappa shape index (κ1) is 41.4. The zero-order valence-corrected chi connectivity index (χ0v) is 33.7. The van der Waals surface area contributed by atoms with Crippen molar-refractivity contribution in [3.05, 3.63) is 113 Å². The van der Waals surface area contributed by atoms with Crippen LogP contribution in [0.2, 0.25) is 0 Å². The standard InChI is InChI=1S/C39H38N10O9S2/c1-3-46-18-19-47(34(55)33(46)54)48(23-51)29(24-14-16-28(52)17-15-24)32(53)41-39(40-22-50)36(57)49-30(27(20-59-37(39)49)21-60-38-42-43-44-45(38)2)35(56)58-31(25-10-6-4-7-11-25)26-12-8-5-9-13-26/h4-17,22-23,29,31,37,52H,3,18-21H2,1-2H3,(H,40,50)(H,41,53)/t29?,37-,39+/m0/s1. The third kappa shape index (κ3) is 7.75. The van der Waals surface area contributed by atoms with E-state index in [1.54, 1.807) is 62.5 Å². The van der Waals surface area contributed by atoms with Crippen molar-refractivity contribution in [1.29, 1.82) is 0 Å². The number of phenolic OH excluding ortho intramolecular Hbond substituents is 1. The van der Waals surface area contributed by atoms with E-state index in [-0.39, 0.29) is 61.0 Å². The Balaban J connectivity index is 1.24. The van der Waals surface area contributed by atoms with E-state index in [2.05, 4.69) is 26.2 Å². The largest absolute Gasteiger partial charge is 0.508 e. The van der Waals surface area contributed by atoms with Gasteiger partial charge in [0.15, 0.2) is 12.1 Å². The van der Waals surface area contributed by atoms with E-state index in [0.29, 0.717) is 21.9 Å². The molecule has 3 aliphatic rings. The van der Waals surface area contributed by atoms with Crippen LogP contribution < -0.4 is 10.6 Å². The number of carbonyl (C=O) groups is 7. The van der Waals surface area contributed by atoms with E-state index in [1.807, 2.05) is 12.1 Å². The maximum atomic E-state index is 14.7. The first-order chi connectivity index (χ1) is 29.0. The molecule has 1 unspecified atom stereocenters. The van der Waals surface area contributed by atoms with Crippen LogP contribution in [0.25, 0.3) is 0 Å². The van der Waals surface area contributed by atoms with Crippen LogP contribution in [0.4, 0.5) is 0 Å². The number of fused-ring (bicyclic) bond motifs is 1. The summed E-state index contributed by atoms with van der Waals surface area (Å²) in [7, 11) is 1.65. The van der Waals surface area contributed by atoms with Crippen molar-refractivity contribution in [2.75, 3.05) is 31.1 Å². The Morgan fingerprint density at radius 2 is 1.65 bits per heavy atom. The summed E-state index contributed by atoms with van der Waals surface area (Å²) in [5.41, 5.74) is -0.386. The highest BCUT2D eigenvalue weighted by Gasteiger charge is 2.66. The highest BCUT2D eigenvalue weighted by atomic mass is 32.2. The molecular weight excluding hydrogens is 817 g/mol. The molecule has 0 spiro atoms. The number of aromatic nitrogens is 4. The number of piperazine rings is 1. The molecular formula is C39H38N10O9S2. The fourth-order valence-electron chi connectivity index (χ4n) is 7.13. The summed E-state index contributed by atoms with van der Waals surface area (Å²) >= 11 is 2.36. The predicted octanol–water partition coefficient (Wildman–Crippen LogP) is 0.874. The van der Waals surface area contributed by atoms with Crippen LogP contribution in [0.1, 0.15) is 35.8 Å². The number of hydrogen-bond acceptors (Lipinski definition) is 14. The number of ether oxygens (including phenoxy) is 1. The molecule has 3 N–H and O–H groups in total. The van der Waals surface area contributed by atoms with Crippen LogP contribution in [-0.4, -0.2) is 130 Å². The van der Waals surface area contributed by atoms with Gasteiger partial charge in [-0.15, -0.1) is 16.9 Å². The molecule has 4 aromatic rings. The van der Waals surface area contributed by atoms with E-state index < -0.39 is 52.8 Å². The Morgan fingerprint density at radius 3 is 2.23 bits per heavy atom. The molecule has 0 aliphatic carbocycles. The van der Waals surface area contributed by atoms with Gasteiger partial charge in [0.25, 0.3) is 11.8 Å². The minimum absolute atomic E-state index is 0.0620. The molecule has 19 nitrogen and oxygen atoms in total. The molecule has 2 fully saturated rings. The summed E-state index contributed by atoms with van der Waals surface area (Å²) in [4.78, 5) is 97.7. The van der Waals surface area contributed by atoms with Gasteiger partial charge in [0.1, 0.15) is 16.8 Å². The van der Waals surface area contributed by atoms with Crippen LogP contribution in [0.5, 0.6) is 5.75 Å². The van der Waals surface area contributed by atoms with Gasteiger partial charge in [-0.2, -0.15) is 0 Å². The van der Waals surface area contributed by atoms with Crippen molar-refractivity contribution in [2.45, 2.75) is 35.3 Å². The summed E-state index contributed by atoms with van der Waals surface area (Å²) in [5.74, 6) is -4.65. The van der Waals surface area contributed by atoms with Crippen molar-refractivity contribution in [2.24, 2.45) is 7.05 Å². The number of hydrogen-bond donors (Lipinski definition) is 3. The van der Waals surface area contributed by atoms with Crippen LogP contribution in [0.3, 0.4) is 0 Å². The lowest BCUT2D eigenvalue weighted by molar-refractivity contribution is -0.178. The molecule has 6 amide bonds. The minimum atomic E-state index is -2.18. The molecule has 2 saturated heterocycles. The van der Waals surface area contributed by atoms with Gasteiger partial charge in [-0.05, 0) is 51.7 Å². The maximum absolute atomic E-state index is 14.7. The van der Waals surface area contributed by atoms with Gasteiger partial charge in [-0.25, -0.2) is 19.5 Å². The topological polar surface area (TPSA) is 230 Å². The molecule has 3 atom stereocenters. The molecule has 310 valence electrons. The van der Waals surface area contributed by atoms with Crippen molar-refractivity contribution >= 4 is 65.9 Å². The molecule has 0 radical (unpaired) electrons. The van der Waals surface area contributed by atoms with Crippen LogP contribution >= 0.6 is 23.5 Å². The zero-order chi connectivity index (χ0) is 42.6. The van der Waals surface area contributed by atoms with E-state index in [1.165, 1.54) is 45.6 Å². The minimum Gasteiger partial charge on any atom is -0.508 e. The molecule has 1 aromatic heterocycles. The van der Waals surface area contributed by atoms with Crippen molar-refractivity contribution in [3.8, 4) is 5.75 Å². The SMILES string of the molecule is CCN1CCN(N(C=O)C(C(=O)N[C@]2(NC=O)C(=O)N3C(C(=O)OC(c4ccccc4)c4ccccc4)=C(CSc4nnnn4C)CS[C@H]32)c2ccc(O)cc2)C(=O)C1=O. The molecule has 0 bridgehead atoms. The highest BCUT2D eigenvalue weighted by molar-refractivity contribution is 8.01.